The highest BCUT2D eigenvalue weighted by atomic mass is 16.7. The van der Waals surface area contributed by atoms with E-state index in [1.807, 2.05) is 20.0 Å². The molecule has 11 nitrogen and oxygen atoms in total. The number of hydrogen-bond acceptors (Lipinski definition) is 10. The second-order valence-corrected chi connectivity index (χ2v) is 11.3. The van der Waals surface area contributed by atoms with Crippen LogP contribution in [0, 0.1) is 25.2 Å². The van der Waals surface area contributed by atoms with E-state index in [9.17, 15) is 20.3 Å². The summed E-state index contributed by atoms with van der Waals surface area (Å²) in [5, 5.41) is 36.5. The third-order valence-corrected chi connectivity index (χ3v) is 9.17. The van der Waals surface area contributed by atoms with Crippen molar-refractivity contribution in [2.24, 2.45) is 5.73 Å². The van der Waals surface area contributed by atoms with Crippen molar-refractivity contribution in [2.45, 2.75) is 69.9 Å². The van der Waals surface area contributed by atoms with Crippen molar-refractivity contribution in [3.63, 3.8) is 0 Å². The molecule has 40 heavy (non-hydrogen) atoms. The number of hydrogen-bond donors (Lipinski definition) is 4. The Morgan fingerprint density at radius 2 is 1.95 bits per heavy atom. The summed E-state index contributed by atoms with van der Waals surface area (Å²) in [6.07, 6.45) is 0.955. The van der Waals surface area contributed by atoms with Crippen molar-refractivity contribution in [2.75, 3.05) is 27.5 Å². The fourth-order valence-electron chi connectivity index (χ4n) is 7.40. The van der Waals surface area contributed by atoms with Gasteiger partial charge < -0.3 is 35.5 Å². The number of fused-ring (bicyclic) bond motifs is 9. The molecular formula is C29H35N5O6. The van der Waals surface area contributed by atoms with Gasteiger partial charge in [0.25, 0.3) is 0 Å². The topological polar surface area (TPSA) is 154 Å². The highest BCUT2D eigenvalue weighted by Crippen LogP contribution is 2.58. The Balaban J connectivity index is 1.58. The fourth-order valence-corrected chi connectivity index (χ4v) is 7.40. The summed E-state index contributed by atoms with van der Waals surface area (Å²) in [4.78, 5) is 17.0. The second-order valence-electron chi connectivity index (χ2n) is 11.3. The SMILES string of the molecule is COc1c(C)cc2c(c1O)[C@@H]1C3Cc4c(O)c(C)c5c(c4[C@H](CNC(=O)[C@H](C)N)N3[C@@H](C#N)C(C2)N1C)OCO5. The summed E-state index contributed by atoms with van der Waals surface area (Å²) < 4.78 is 17.3. The number of nitrogens with one attached hydrogen (secondary N) is 1. The fraction of sp³-hybridized carbons (Fsp3) is 0.517. The Labute approximate surface area is 233 Å². The van der Waals surface area contributed by atoms with Gasteiger partial charge in [-0.05, 0) is 51.8 Å². The molecule has 2 unspecified atom stereocenters. The molecule has 0 radical (unpaired) electrons. The normalized spacial score (nSPS) is 27.2. The van der Waals surface area contributed by atoms with Crippen molar-refractivity contribution in [1.29, 1.82) is 5.26 Å². The monoisotopic (exact) mass is 549 g/mol. The Kier molecular flexibility index (Phi) is 6.25. The molecule has 1 amide bonds. The van der Waals surface area contributed by atoms with Gasteiger partial charge in [-0.3, -0.25) is 14.6 Å². The zero-order chi connectivity index (χ0) is 28.6. The van der Waals surface area contributed by atoms with E-state index in [-0.39, 0.29) is 48.9 Å². The molecule has 0 aromatic heterocycles. The van der Waals surface area contributed by atoms with Crippen LogP contribution in [0.2, 0.25) is 0 Å². The molecular weight excluding hydrogens is 514 g/mol. The van der Waals surface area contributed by atoms with Crippen LogP contribution < -0.4 is 25.3 Å². The van der Waals surface area contributed by atoms with Gasteiger partial charge in [0.1, 0.15) is 11.8 Å². The van der Waals surface area contributed by atoms with Crippen LogP contribution in [-0.4, -0.2) is 77.6 Å². The molecule has 4 aliphatic rings. The molecule has 2 bridgehead atoms. The first-order valence-corrected chi connectivity index (χ1v) is 13.6. The second kappa shape index (κ2) is 9.44. The number of aromatic hydroxyl groups is 2. The summed E-state index contributed by atoms with van der Waals surface area (Å²) >= 11 is 0. The molecule has 2 aromatic carbocycles. The lowest BCUT2D eigenvalue weighted by Gasteiger charge is -2.60. The maximum atomic E-state index is 12.6. The van der Waals surface area contributed by atoms with Gasteiger partial charge in [-0.2, -0.15) is 5.26 Å². The first kappa shape index (κ1) is 26.5. The Morgan fingerprint density at radius 3 is 2.62 bits per heavy atom. The van der Waals surface area contributed by atoms with Crippen LogP contribution >= 0.6 is 0 Å². The molecule has 4 aliphatic heterocycles. The van der Waals surface area contributed by atoms with Crippen molar-refractivity contribution < 1.29 is 29.2 Å². The lowest BCUT2D eigenvalue weighted by Crippen LogP contribution is -2.68. The largest absolute Gasteiger partial charge is 0.507 e. The van der Waals surface area contributed by atoms with Gasteiger partial charge in [0, 0.05) is 40.9 Å². The van der Waals surface area contributed by atoms with Crippen LogP contribution in [0.1, 0.15) is 52.4 Å². The number of phenolic OH excluding ortho intramolecular Hbond substituents is 2. The van der Waals surface area contributed by atoms with Crippen LogP contribution in [0.5, 0.6) is 28.7 Å². The summed E-state index contributed by atoms with van der Waals surface area (Å²) in [5.74, 6) is 1.33. The van der Waals surface area contributed by atoms with Gasteiger partial charge >= 0.3 is 0 Å². The molecule has 0 spiro atoms. The lowest BCUT2D eigenvalue weighted by molar-refractivity contribution is -0.123. The number of ether oxygens (including phenoxy) is 3. The maximum absolute atomic E-state index is 12.6. The number of aryl methyl sites for hydroxylation is 1. The van der Waals surface area contributed by atoms with Crippen molar-refractivity contribution in [3.05, 3.63) is 39.4 Å². The number of nitriles is 1. The number of carbonyl (C=O) groups excluding carboxylic acids is 1. The number of amides is 1. The third kappa shape index (κ3) is 3.56. The van der Waals surface area contributed by atoms with Crippen LogP contribution in [0.3, 0.4) is 0 Å². The van der Waals surface area contributed by atoms with E-state index in [1.54, 1.807) is 21.0 Å². The quantitative estimate of drug-likeness (QED) is 0.443. The number of phenols is 2. The molecule has 1 fully saturated rings. The van der Waals surface area contributed by atoms with Gasteiger partial charge in [0.05, 0.1) is 31.3 Å². The van der Waals surface area contributed by atoms with Crippen molar-refractivity contribution in [3.8, 4) is 34.8 Å². The van der Waals surface area contributed by atoms with E-state index < -0.39 is 18.1 Å². The van der Waals surface area contributed by atoms with Crippen LogP contribution in [0.15, 0.2) is 6.07 Å². The number of rotatable bonds is 4. The van der Waals surface area contributed by atoms with Gasteiger partial charge in [0.2, 0.25) is 12.7 Å². The number of piperazine rings is 1. The highest BCUT2D eigenvalue weighted by molar-refractivity contribution is 5.81. The van der Waals surface area contributed by atoms with Crippen LogP contribution in [0.4, 0.5) is 0 Å². The van der Waals surface area contributed by atoms with Crippen LogP contribution in [0.25, 0.3) is 0 Å². The molecule has 4 heterocycles. The minimum Gasteiger partial charge on any atom is -0.507 e. The molecule has 0 aliphatic carbocycles. The van der Waals surface area contributed by atoms with Crippen LogP contribution in [-0.2, 0) is 17.6 Å². The average Bonchev–Trinajstić information content (AvgIpc) is 3.41. The van der Waals surface area contributed by atoms with Gasteiger partial charge in [-0.15, -0.1) is 0 Å². The van der Waals surface area contributed by atoms with E-state index in [0.29, 0.717) is 46.8 Å². The zero-order valence-corrected chi connectivity index (χ0v) is 23.3. The molecule has 11 heteroatoms. The predicted molar refractivity (Wildman–Crippen MR) is 144 cm³/mol. The molecule has 2 aromatic rings. The lowest BCUT2D eigenvalue weighted by atomic mass is 9.71. The first-order chi connectivity index (χ1) is 19.1. The number of likely N-dealkylation sites (N-methyl/N-ethyl adjacent to an activating group) is 1. The number of carbonyl (C=O) groups is 1. The average molecular weight is 550 g/mol. The van der Waals surface area contributed by atoms with E-state index >= 15 is 0 Å². The van der Waals surface area contributed by atoms with Gasteiger partial charge in [-0.1, -0.05) is 6.07 Å². The highest BCUT2D eigenvalue weighted by Gasteiger charge is 2.56. The van der Waals surface area contributed by atoms with E-state index in [0.717, 1.165) is 16.7 Å². The van der Waals surface area contributed by atoms with Gasteiger partial charge in [0.15, 0.2) is 23.0 Å². The molecule has 1 saturated heterocycles. The number of methoxy groups -OCH3 is 1. The molecule has 212 valence electrons. The molecule has 6 atom stereocenters. The molecule has 0 saturated carbocycles. The third-order valence-electron chi connectivity index (χ3n) is 9.17. The Hall–Kier alpha value is -3.72. The minimum absolute atomic E-state index is 0.0183. The van der Waals surface area contributed by atoms with Gasteiger partial charge in [-0.25, -0.2) is 0 Å². The zero-order valence-electron chi connectivity index (χ0n) is 23.3. The summed E-state index contributed by atoms with van der Waals surface area (Å²) in [7, 11) is 3.53. The molecule has 5 N–H and O–H groups in total. The Morgan fingerprint density at radius 1 is 1.23 bits per heavy atom. The predicted octanol–water partition coefficient (Wildman–Crippen LogP) is 1.69. The van der Waals surface area contributed by atoms with E-state index in [2.05, 4.69) is 21.2 Å². The maximum Gasteiger partial charge on any atom is 0.236 e. The standard InChI is InChI=1S/C29H35N5O6/c1-12-6-15-7-17-19(9-30)34-18(23(33(17)4)21(15)25(36)26(12)38-5)8-16-22(20(34)10-32-29(37)14(3)31)28-27(39-11-40-28)13(2)24(16)35/h6,14,17-20,23,35-36H,7-8,10-11,31H2,1-5H3,(H,32,37)/t14-,17?,18?,19-,20-,23-/m0/s1. The Bertz CT molecular complexity index is 1450. The summed E-state index contributed by atoms with van der Waals surface area (Å²) in [6, 6.07) is 2.02. The van der Waals surface area contributed by atoms with Crippen molar-refractivity contribution in [1.82, 2.24) is 15.1 Å². The minimum atomic E-state index is -0.714. The number of benzene rings is 2. The summed E-state index contributed by atoms with van der Waals surface area (Å²) in [5.41, 5.74) is 10.4. The number of nitrogens with zero attached hydrogens (tertiary/aromatic N) is 3. The van der Waals surface area contributed by atoms with Crippen molar-refractivity contribution >= 4 is 5.91 Å². The molecule has 6 rings (SSSR count). The first-order valence-electron chi connectivity index (χ1n) is 13.6. The number of nitrogens with two attached hydrogens (primary N) is 1. The van der Waals surface area contributed by atoms with E-state index in [4.69, 9.17) is 19.9 Å². The smallest absolute Gasteiger partial charge is 0.236 e. The van der Waals surface area contributed by atoms with E-state index in [1.165, 1.54) is 0 Å². The summed E-state index contributed by atoms with van der Waals surface area (Å²) in [6.45, 7) is 5.48.